The van der Waals surface area contributed by atoms with Crippen LogP contribution in [0.4, 0.5) is 5.69 Å². The van der Waals surface area contributed by atoms with Gasteiger partial charge in [0.15, 0.2) is 0 Å². The Bertz CT molecular complexity index is 1170. The standard InChI is InChI=1S/C20H21N5O2S2/c1-25-12-23-11-16(25)14-9-15(13-5-3-6-22-10-13)24-19-17(14)18(21)20(28-19)29(26)8-4-7-27-2/h3,5-6,9-12H,4,7-8,21H2,1-2H3/t29-/m1/s1. The van der Waals surface area contributed by atoms with Crippen molar-refractivity contribution in [1.82, 2.24) is 19.5 Å². The molecule has 0 aliphatic heterocycles. The minimum atomic E-state index is -1.20. The third-order valence-corrected chi connectivity index (χ3v) is 7.59. The average molecular weight is 428 g/mol. The minimum absolute atomic E-state index is 0.501. The number of rotatable bonds is 7. The molecule has 29 heavy (non-hydrogen) atoms. The molecule has 1 atom stereocenters. The SMILES string of the molecule is COCCC[S@@](=O)c1sc2nc(-c3cccnc3)cc(-c3cncn3C)c2c1N. The zero-order valence-corrected chi connectivity index (χ0v) is 17.8. The molecule has 4 aromatic rings. The van der Waals surface area contributed by atoms with E-state index < -0.39 is 10.8 Å². The van der Waals surface area contributed by atoms with E-state index in [4.69, 9.17) is 15.5 Å². The molecule has 7 nitrogen and oxygen atoms in total. The van der Waals surface area contributed by atoms with E-state index in [2.05, 4.69) is 9.97 Å². The molecule has 0 saturated carbocycles. The van der Waals surface area contributed by atoms with Gasteiger partial charge in [-0.3, -0.25) is 9.19 Å². The topological polar surface area (TPSA) is 95.9 Å². The second-order valence-corrected chi connectivity index (χ2v) is 9.33. The van der Waals surface area contributed by atoms with E-state index in [1.807, 2.05) is 29.8 Å². The van der Waals surface area contributed by atoms with Gasteiger partial charge in [-0.1, -0.05) is 0 Å². The minimum Gasteiger partial charge on any atom is -0.396 e. The number of aromatic nitrogens is 4. The predicted octanol–water partition coefficient (Wildman–Crippen LogP) is 3.49. The lowest BCUT2D eigenvalue weighted by Gasteiger charge is -2.09. The number of hydrogen-bond donors (Lipinski definition) is 1. The lowest BCUT2D eigenvalue weighted by Crippen LogP contribution is -2.02. The maximum atomic E-state index is 12.9. The van der Waals surface area contributed by atoms with E-state index in [0.29, 0.717) is 28.7 Å². The Labute approximate surface area is 175 Å². The Morgan fingerprint density at radius 1 is 1.31 bits per heavy atom. The molecular formula is C20H21N5O2S2. The van der Waals surface area contributed by atoms with Crippen LogP contribution in [0.15, 0.2) is 47.3 Å². The third kappa shape index (κ3) is 3.81. The number of methoxy groups -OCH3 is 1. The van der Waals surface area contributed by atoms with Crippen molar-refractivity contribution in [3.8, 4) is 22.5 Å². The Hall–Kier alpha value is -2.62. The number of nitrogens with zero attached hydrogens (tertiary/aromatic N) is 4. The highest BCUT2D eigenvalue weighted by atomic mass is 32.2. The predicted molar refractivity (Wildman–Crippen MR) is 117 cm³/mol. The van der Waals surface area contributed by atoms with Crippen LogP contribution in [-0.2, 0) is 22.6 Å². The number of nitrogens with two attached hydrogens (primary N) is 1. The summed E-state index contributed by atoms with van der Waals surface area (Å²) in [7, 11) is 2.37. The molecule has 0 aliphatic rings. The van der Waals surface area contributed by atoms with Crippen LogP contribution in [0.1, 0.15) is 6.42 Å². The van der Waals surface area contributed by atoms with E-state index in [0.717, 1.165) is 32.7 Å². The first kappa shape index (κ1) is 19.7. The zero-order valence-electron chi connectivity index (χ0n) is 16.2. The van der Waals surface area contributed by atoms with Gasteiger partial charge in [0.1, 0.15) is 9.04 Å². The lowest BCUT2D eigenvalue weighted by molar-refractivity contribution is 0.200. The molecule has 0 spiro atoms. The van der Waals surface area contributed by atoms with Crippen molar-refractivity contribution in [2.75, 3.05) is 25.2 Å². The van der Waals surface area contributed by atoms with Crippen molar-refractivity contribution < 1.29 is 8.95 Å². The highest BCUT2D eigenvalue weighted by Crippen LogP contribution is 2.42. The first-order valence-corrected chi connectivity index (χ1v) is 11.2. The van der Waals surface area contributed by atoms with Crippen LogP contribution in [0, 0.1) is 0 Å². The number of imidazole rings is 1. The van der Waals surface area contributed by atoms with Gasteiger partial charge < -0.3 is 15.0 Å². The zero-order chi connectivity index (χ0) is 20.4. The molecule has 9 heteroatoms. The Morgan fingerprint density at radius 2 is 2.17 bits per heavy atom. The fraction of sp³-hybridized carbons (Fsp3) is 0.250. The molecule has 4 heterocycles. The van der Waals surface area contributed by atoms with Gasteiger partial charge >= 0.3 is 0 Å². The fourth-order valence-corrected chi connectivity index (χ4v) is 5.80. The van der Waals surface area contributed by atoms with E-state index in [9.17, 15) is 4.21 Å². The second-order valence-electron chi connectivity index (χ2n) is 6.57. The van der Waals surface area contributed by atoms with E-state index in [1.165, 1.54) is 11.3 Å². The smallest absolute Gasteiger partial charge is 0.127 e. The summed E-state index contributed by atoms with van der Waals surface area (Å²) in [6, 6.07) is 5.84. The number of nitrogen functional groups attached to an aromatic ring is 1. The van der Waals surface area contributed by atoms with Crippen molar-refractivity contribution in [1.29, 1.82) is 0 Å². The summed E-state index contributed by atoms with van der Waals surface area (Å²) in [5.41, 5.74) is 10.6. The van der Waals surface area contributed by atoms with Crippen LogP contribution in [-0.4, -0.2) is 43.2 Å². The largest absolute Gasteiger partial charge is 0.396 e. The molecule has 150 valence electrons. The quantitative estimate of drug-likeness (QED) is 0.454. The van der Waals surface area contributed by atoms with Gasteiger partial charge in [0.25, 0.3) is 0 Å². The highest BCUT2D eigenvalue weighted by molar-refractivity contribution is 7.87. The first-order chi connectivity index (χ1) is 14.1. The van der Waals surface area contributed by atoms with E-state index in [1.54, 1.807) is 32.0 Å². The van der Waals surface area contributed by atoms with Gasteiger partial charge in [-0.05, 0) is 24.6 Å². The fourth-order valence-electron chi connectivity index (χ4n) is 3.18. The molecule has 0 aliphatic carbocycles. The number of ether oxygens (including phenoxy) is 1. The molecule has 0 fully saturated rings. The average Bonchev–Trinajstić information content (AvgIpc) is 3.31. The van der Waals surface area contributed by atoms with E-state index in [-0.39, 0.29) is 0 Å². The first-order valence-electron chi connectivity index (χ1n) is 9.07. The van der Waals surface area contributed by atoms with Crippen molar-refractivity contribution in [2.24, 2.45) is 7.05 Å². The third-order valence-electron chi connectivity index (χ3n) is 4.60. The van der Waals surface area contributed by atoms with Crippen LogP contribution in [0.5, 0.6) is 0 Å². The van der Waals surface area contributed by atoms with Crippen LogP contribution >= 0.6 is 11.3 Å². The monoisotopic (exact) mass is 427 g/mol. The Morgan fingerprint density at radius 3 is 2.86 bits per heavy atom. The van der Waals surface area contributed by atoms with Gasteiger partial charge in [-0.25, -0.2) is 9.97 Å². The summed E-state index contributed by atoms with van der Waals surface area (Å²) < 4.78 is 20.5. The second kappa shape index (κ2) is 8.40. The summed E-state index contributed by atoms with van der Waals surface area (Å²) in [6.45, 7) is 0.570. The van der Waals surface area contributed by atoms with Crippen molar-refractivity contribution in [3.63, 3.8) is 0 Å². The molecule has 0 aromatic carbocycles. The molecular weight excluding hydrogens is 406 g/mol. The number of hydrogen-bond acceptors (Lipinski definition) is 7. The lowest BCUT2D eigenvalue weighted by atomic mass is 10.1. The van der Waals surface area contributed by atoms with Gasteiger partial charge in [-0.15, -0.1) is 11.3 Å². The Balaban J connectivity index is 1.90. The summed E-state index contributed by atoms with van der Waals surface area (Å²) in [5, 5.41) is 0.821. The molecule has 0 radical (unpaired) electrons. The van der Waals surface area contributed by atoms with Gasteiger partial charge in [0.2, 0.25) is 0 Å². The molecule has 0 amide bonds. The molecule has 4 aromatic heterocycles. The van der Waals surface area contributed by atoms with Crippen LogP contribution < -0.4 is 5.73 Å². The van der Waals surface area contributed by atoms with Gasteiger partial charge in [0, 0.05) is 55.4 Å². The molecule has 0 saturated heterocycles. The molecule has 4 rings (SSSR count). The summed E-state index contributed by atoms with van der Waals surface area (Å²) in [5.74, 6) is 0.501. The van der Waals surface area contributed by atoms with Crippen molar-refractivity contribution >= 4 is 38.0 Å². The van der Waals surface area contributed by atoms with Gasteiger partial charge in [-0.2, -0.15) is 0 Å². The summed E-state index contributed by atoms with van der Waals surface area (Å²) >= 11 is 1.39. The summed E-state index contributed by atoms with van der Waals surface area (Å²) in [4.78, 5) is 14.0. The maximum Gasteiger partial charge on any atom is 0.127 e. The normalized spacial score (nSPS) is 12.5. The van der Waals surface area contributed by atoms with Crippen LogP contribution in [0.2, 0.25) is 0 Å². The van der Waals surface area contributed by atoms with Crippen LogP contribution in [0.3, 0.4) is 0 Å². The molecule has 2 N–H and O–H groups in total. The van der Waals surface area contributed by atoms with Crippen LogP contribution in [0.25, 0.3) is 32.7 Å². The maximum absolute atomic E-state index is 12.9. The van der Waals surface area contributed by atoms with Crippen molar-refractivity contribution in [2.45, 2.75) is 10.6 Å². The number of aryl methyl sites for hydroxylation is 1. The number of anilines is 1. The number of thiophene rings is 1. The number of fused-ring (bicyclic) bond motifs is 1. The van der Waals surface area contributed by atoms with E-state index >= 15 is 0 Å². The number of pyridine rings is 2. The van der Waals surface area contributed by atoms with Gasteiger partial charge in [0.05, 0.1) is 40.4 Å². The highest BCUT2D eigenvalue weighted by Gasteiger charge is 2.21. The summed E-state index contributed by atoms with van der Waals surface area (Å²) in [6.07, 6.45) is 7.77. The van der Waals surface area contributed by atoms with Crippen molar-refractivity contribution in [3.05, 3.63) is 43.1 Å². The Kier molecular flexibility index (Phi) is 5.70. The molecule has 0 unspecified atom stereocenters. The molecule has 0 bridgehead atoms.